The van der Waals surface area contributed by atoms with Crippen LogP contribution in [0.1, 0.15) is 68.7 Å². The average molecular weight is 318 g/mol. The first-order valence-electron chi connectivity index (χ1n) is 9.75. The first-order valence-corrected chi connectivity index (χ1v) is 9.75. The third-order valence-electron chi connectivity index (χ3n) is 7.83. The van der Waals surface area contributed by atoms with Gasteiger partial charge in [-0.3, -0.25) is 0 Å². The van der Waals surface area contributed by atoms with Crippen molar-refractivity contribution in [1.82, 2.24) is 0 Å². The van der Waals surface area contributed by atoms with Crippen LogP contribution in [0, 0.1) is 5.92 Å². The van der Waals surface area contributed by atoms with E-state index in [-0.39, 0.29) is 11.1 Å². The molecule has 3 aliphatic rings. The summed E-state index contributed by atoms with van der Waals surface area (Å²) in [5.74, 6) is 0.776. The van der Waals surface area contributed by atoms with E-state index >= 15 is 0 Å². The molecule has 2 aromatic carbocycles. The van der Waals surface area contributed by atoms with E-state index < -0.39 is 0 Å². The van der Waals surface area contributed by atoms with Gasteiger partial charge in [-0.25, -0.2) is 0 Å². The van der Waals surface area contributed by atoms with Crippen molar-refractivity contribution in [2.24, 2.45) is 5.92 Å². The van der Waals surface area contributed by atoms with Gasteiger partial charge < -0.3 is 5.32 Å². The SMILES string of the molecule is CCC12[NH2+]C(CC)(c3ccccc31)C1CC1(CC)c1ccccc12. The molecule has 2 N–H and O–H groups in total. The third kappa shape index (κ3) is 1.39. The van der Waals surface area contributed by atoms with Crippen LogP contribution in [0.5, 0.6) is 0 Å². The van der Waals surface area contributed by atoms with Crippen LogP contribution >= 0.6 is 0 Å². The second-order valence-electron chi connectivity index (χ2n) is 8.22. The van der Waals surface area contributed by atoms with Gasteiger partial charge in [-0.15, -0.1) is 0 Å². The molecule has 2 aromatic rings. The van der Waals surface area contributed by atoms with Crippen molar-refractivity contribution in [2.45, 2.75) is 62.9 Å². The van der Waals surface area contributed by atoms with Crippen molar-refractivity contribution >= 4 is 0 Å². The van der Waals surface area contributed by atoms with Gasteiger partial charge in [0.1, 0.15) is 11.1 Å². The predicted molar refractivity (Wildman–Crippen MR) is 97.9 cm³/mol. The van der Waals surface area contributed by atoms with Gasteiger partial charge in [0.15, 0.2) is 0 Å². The molecule has 1 fully saturated rings. The molecule has 4 atom stereocenters. The summed E-state index contributed by atoms with van der Waals surface area (Å²) in [4.78, 5) is 0. The lowest BCUT2D eigenvalue weighted by molar-refractivity contribution is -0.791. The summed E-state index contributed by atoms with van der Waals surface area (Å²) in [6, 6.07) is 18.7. The van der Waals surface area contributed by atoms with Crippen molar-refractivity contribution in [2.75, 3.05) is 0 Å². The lowest BCUT2D eigenvalue weighted by atomic mass is 9.71. The molecule has 0 spiro atoms. The molecule has 0 aromatic heterocycles. The molecule has 1 heteroatoms. The highest BCUT2D eigenvalue weighted by Crippen LogP contribution is 2.68. The van der Waals surface area contributed by atoms with Crippen molar-refractivity contribution in [3.63, 3.8) is 0 Å². The average Bonchev–Trinajstić information content (AvgIpc) is 3.33. The Morgan fingerprint density at radius 2 is 1.38 bits per heavy atom. The van der Waals surface area contributed by atoms with Gasteiger partial charge in [0.25, 0.3) is 0 Å². The van der Waals surface area contributed by atoms with Gasteiger partial charge >= 0.3 is 0 Å². The number of hydrogen-bond acceptors (Lipinski definition) is 0. The quantitative estimate of drug-likeness (QED) is 0.873. The fraction of sp³-hybridized carbons (Fsp3) is 0.478. The molecule has 24 heavy (non-hydrogen) atoms. The van der Waals surface area contributed by atoms with Gasteiger partial charge in [-0.1, -0.05) is 69.3 Å². The minimum Gasteiger partial charge on any atom is -0.325 e. The van der Waals surface area contributed by atoms with Crippen LogP contribution < -0.4 is 5.32 Å². The summed E-state index contributed by atoms with van der Waals surface area (Å²) in [5, 5.41) is 2.79. The molecule has 2 bridgehead atoms. The number of fused-ring (bicyclic) bond motifs is 5. The summed E-state index contributed by atoms with van der Waals surface area (Å²) in [6.07, 6.45) is 5.02. The summed E-state index contributed by atoms with van der Waals surface area (Å²) in [5.41, 5.74) is 7.24. The zero-order chi connectivity index (χ0) is 16.6. The lowest BCUT2D eigenvalue weighted by Crippen LogP contribution is -3.00. The second-order valence-corrected chi connectivity index (χ2v) is 8.22. The molecule has 1 aliphatic heterocycles. The topological polar surface area (TPSA) is 16.6 Å². The summed E-state index contributed by atoms with van der Waals surface area (Å²) in [7, 11) is 0. The van der Waals surface area contributed by atoms with E-state index in [4.69, 9.17) is 0 Å². The van der Waals surface area contributed by atoms with E-state index in [2.05, 4.69) is 74.6 Å². The molecule has 1 nitrogen and oxygen atoms in total. The van der Waals surface area contributed by atoms with Gasteiger partial charge in [0, 0.05) is 40.9 Å². The third-order valence-corrected chi connectivity index (χ3v) is 7.83. The predicted octanol–water partition coefficient (Wildman–Crippen LogP) is 4.20. The van der Waals surface area contributed by atoms with Crippen LogP contribution in [0.25, 0.3) is 0 Å². The maximum absolute atomic E-state index is 2.79. The molecular formula is C23H28N+. The van der Waals surface area contributed by atoms with Gasteiger partial charge in [-0.2, -0.15) is 0 Å². The minimum absolute atomic E-state index is 0.110. The van der Waals surface area contributed by atoms with Crippen LogP contribution in [0.4, 0.5) is 0 Å². The van der Waals surface area contributed by atoms with Gasteiger partial charge in [0.05, 0.1) is 0 Å². The van der Waals surface area contributed by atoms with E-state index in [1.807, 2.05) is 0 Å². The van der Waals surface area contributed by atoms with E-state index in [0.29, 0.717) is 5.41 Å². The standard InChI is InChI=1S/C23H27N/c1-4-21-15-20(21)23(6-3)19-14-10-9-13-18(19)22(5-2,24-23)17-12-8-7-11-16(17)21/h7-14,20,24H,4-6,15H2,1-3H3/p+1. The first-order chi connectivity index (χ1) is 11.7. The molecule has 1 saturated carbocycles. The van der Waals surface area contributed by atoms with E-state index in [1.165, 1.54) is 19.3 Å². The highest BCUT2D eigenvalue weighted by Gasteiger charge is 2.73. The minimum atomic E-state index is 0.110. The molecule has 1 heterocycles. The molecular weight excluding hydrogens is 290 g/mol. The lowest BCUT2D eigenvalue weighted by Gasteiger charge is -2.32. The zero-order valence-electron chi connectivity index (χ0n) is 15.1. The Balaban J connectivity index is 1.91. The molecule has 2 aliphatic carbocycles. The van der Waals surface area contributed by atoms with Crippen molar-refractivity contribution in [1.29, 1.82) is 0 Å². The monoisotopic (exact) mass is 318 g/mol. The normalized spacial score (nSPS) is 38.0. The van der Waals surface area contributed by atoms with Crippen LogP contribution in [0.2, 0.25) is 0 Å². The van der Waals surface area contributed by atoms with Crippen molar-refractivity contribution in [3.05, 3.63) is 70.8 Å². The fourth-order valence-corrected chi connectivity index (χ4v) is 6.57. The summed E-state index contributed by atoms with van der Waals surface area (Å²) in [6.45, 7) is 7.20. The highest BCUT2D eigenvalue weighted by molar-refractivity contribution is 5.56. The maximum Gasteiger partial charge on any atom is 0.149 e. The Hall–Kier alpha value is -1.60. The number of benzene rings is 2. The molecule has 5 rings (SSSR count). The van der Waals surface area contributed by atoms with Crippen molar-refractivity contribution in [3.8, 4) is 0 Å². The largest absolute Gasteiger partial charge is 0.325 e. The van der Waals surface area contributed by atoms with E-state index in [1.54, 1.807) is 22.3 Å². The Morgan fingerprint density at radius 1 is 0.792 bits per heavy atom. The van der Waals surface area contributed by atoms with Crippen LogP contribution in [0.3, 0.4) is 0 Å². The Kier molecular flexibility index (Phi) is 2.77. The zero-order valence-corrected chi connectivity index (χ0v) is 15.1. The number of rotatable bonds is 3. The number of hydrogen-bond donors (Lipinski definition) is 1. The fourth-order valence-electron chi connectivity index (χ4n) is 6.57. The Bertz CT molecular complexity index is 824. The maximum atomic E-state index is 2.79. The van der Waals surface area contributed by atoms with Crippen LogP contribution in [0.15, 0.2) is 48.5 Å². The number of nitrogens with two attached hydrogens (primary N) is 1. The first kappa shape index (κ1) is 14.7. The van der Waals surface area contributed by atoms with E-state index in [0.717, 1.165) is 12.3 Å². The van der Waals surface area contributed by atoms with Crippen LogP contribution in [-0.4, -0.2) is 0 Å². The van der Waals surface area contributed by atoms with E-state index in [9.17, 15) is 0 Å². The van der Waals surface area contributed by atoms with Crippen LogP contribution in [-0.2, 0) is 16.5 Å². The van der Waals surface area contributed by atoms with Gasteiger partial charge in [0.2, 0.25) is 0 Å². The Morgan fingerprint density at radius 3 is 1.96 bits per heavy atom. The van der Waals surface area contributed by atoms with Gasteiger partial charge in [-0.05, 0) is 18.4 Å². The second kappa shape index (κ2) is 4.52. The smallest absolute Gasteiger partial charge is 0.149 e. The van der Waals surface area contributed by atoms with Crippen molar-refractivity contribution < 1.29 is 5.32 Å². The molecule has 0 radical (unpaired) electrons. The molecule has 124 valence electrons. The number of quaternary nitrogens is 1. The molecule has 4 unspecified atom stereocenters. The Labute approximate surface area is 145 Å². The highest BCUT2D eigenvalue weighted by atomic mass is 15.1. The molecule has 0 amide bonds. The summed E-state index contributed by atoms with van der Waals surface area (Å²) < 4.78 is 0. The molecule has 0 saturated heterocycles. The summed E-state index contributed by atoms with van der Waals surface area (Å²) >= 11 is 0.